The summed E-state index contributed by atoms with van der Waals surface area (Å²) in [5.74, 6) is 0. The van der Waals surface area contributed by atoms with Gasteiger partial charge in [-0.1, -0.05) is 30.1 Å². The maximum Gasteiger partial charge on any atom is 0.389 e. The van der Waals surface area contributed by atoms with Crippen LogP contribution in [0.25, 0.3) is 0 Å². The van der Waals surface area contributed by atoms with E-state index in [0.29, 0.717) is 19.3 Å². The van der Waals surface area contributed by atoms with E-state index < -0.39 is 34.4 Å². The van der Waals surface area contributed by atoms with Gasteiger partial charge in [-0.05, 0) is 17.4 Å². The minimum Gasteiger partial charge on any atom is -0.190 e. The molecule has 0 heterocycles. The molecule has 0 aliphatic heterocycles. The standard InChI is InChI=1S/C10H16F6O3S/c11-9(12,13)7-5-3-1-2-4-6-8-10(14,15)20(17,18)19-16/h1-8H2. The monoisotopic (exact) mass is 330 g/mol. The van der Waals surface area contributed by atoms with Crippen molar-refractivity contribution in [2.75, 3.05) is 0 Å². The molecule has 0 bridgehead atoms. The molecule has 0 amide bonds. The van der Waals surface area contributed by atoms with Gasteiger partial charge in [0.25, 0.3) is 0 Å². The summed E-state index contributed by atoms with van der Waals surface area (Å²) < 4.78 is 95.7. The van der Waals surface area contributed by atoms with E-state index in [2.05, 4.69) is 4.39 Å². The van der Waals surface area contributed by atoms with E-state index in [4.69, 9.17) is 0 Å². The smallest absolute Gasteiger partial charge is 0.190 e. The Kier molecular flexibility index (Phi) is 7.85. The van der Waals surface area contributed by atoms with Crippen molar-refractivity contribution < 1.29 is 39.3 Å². The van der Waals surface area contributed by atoms with Crippen molar-refractivity contribution in [3.8, 4) is 0 Å². The molecule has 0 spiro atoms. The number of alkyl halides is 5. The highest BCUT2D eigenvalue weighted by atomic mass is 32.2. The summed E-state index contributed by atoms with van der Waals surface area (Å²) in [6.07, 6.45) is -4.97. The minimum atomic E-state index is -5.54. The summed E-state index contributed by atoms with van der Waals surface area (Å²) in [7, 11) is -5.54. The third-order valence-corrected chi connectivity index (χ3v) is 3.73. The van der Waals surface area contributed by atoms with Gasteiger partial charge in [0.2, 0.25) is 0 Å². The average molecular weight is 330 g/mol. The lowest BCUT2D eigenvalue weighted by atomic mass is 10.1. The summed E-state index contributed by atoms with van der Waals surface area (Å²) in [6.45, 7) is 0. The molecule has 0 aliphatic carbocycles. The molecule has 0 aromatic rings. The van der Waals surface area contributed by atoms with Gasteiger partial charge < -0.3 is 0 Å². The van der Waals surface area contributed by atoms with Crippen molar-refractivity contribution in [2.45, 2.75) is 62.8 Å². The van der Waals surface area contributed by atoms with Gasteiger partial charge >= 0.3 is 21.5 Å². The SMILES string of the molecule is O=S(=O)(OF)C(F)(F)CCCCCCCCC(F)(F)F. The lowest BCUT2D eigenvalue weighted by Crippen LogP contribution is -2.28. The largest absolute Gasteiger partial charge is 0.389 e. The van der Waals surface area contributed by atoms with Gasteiger partial charge in [-0.25, -0.2) is 0 Å². The summed E-state index contributed by atoms with van der Waals surface area (Å²) in [5.41, 5.74) is 0. The van der Waals surface area contributed by atoms with Crippen molar-refractivity contribution in [3.63, 3.8) is 0 Å². The molecule has 0 N–H and O–H groups in total. The molecule has 0 fully saturated rings. The molecule has 10 heteroatoms. The Balaban J connectivity index is 3.68. The fourth-order valence-electron chi connectivity index (χ4n) is 1.53. The van der Waals surface area contributed by atoms with Crippen molar-refractivity contribution >= 4 is 10.1 Å². The van der Waals surface area contributed by atoms with Gasteiger partial charge in [0.1, 0.15) is 0 Å². The van der Waals surface area contributed by atoms with E-state index in [9.17, 15) is 34.9 Å². The second kappa shape index (κ2) is 8.06. The van der Waals surface area contributed by atoms with Crippen LogP contribution in [0.2, 0.25) is 0 Å². The van der Waals surface area contributed by atoms with Gasteiger partial charge in [-0.3, -0.25) is 0 Å². The fourth-order valence-corrected chi connectivity index (χ4v) is 2.02. The third kappa shape index (κ3) is 7.93. The van der Waals surface area contributed by atoms with E-state index in [-0.39, 0.29) is 19.3 Å². The molecule has 0 radical (unpaired) electrons. The molecule has 122 valence electrons. The zero-order valence-electron chi connectivity index (χ0n) is 10.6. The topological polar surface area (TPSA) is 43.4 Å². The van der Waals surface area contributed by atoms with Crippen molar-refractivity contribution in [1.29, 1.82) is 0 Å². The Morgan fingerprint density at radius 1 is 0.750 bits per heavy atom. The third-order valence-electron chi connectivity index (χ3n) is 2.63. The van der Waals surface area contributed by atoms with E-state index in [1.807, 2.05) is 0 Å². The zero-order chi connectivity index (χ0) is 15.9. The van der Waals surface area contributed by atoms with Gasteiger partial charge in [0.15, 0.2) is 0 Å². The van der Waals surface area contributed by atoms with Gasteiger partial charge in [-0.2, -0.15) is 30.4 Å². The first-order valence-electron chi connectivity index (χ1n) is 6.01. The molecule has 0 unspecified atom stereocenters. The molecule has 0 rings (SSSR count). The van der Waals surface area contributed by atoms with Crippen LogP contribution in [0.4, 0.5) is 26.5 Å². The zero-order valence-corrected chi connectivity index (χ0v) is 11.4. The van der Waals surface area contributed by atoms with Crippen molar-refractivity contribution in [3.05, 3.63) is 0 Å². The lowest BCUT2D eigenvalue weighted by molar-refractivity contribution is -0.135. The number of rotatable bonds is 10. The molecule has 3 nitrogen and oxygen atoms in total. The first kappa shape index (κ1) is 19.5. The number of halogens is 6. The molecule has 0 atom stereocenters. The van der Waals surface area contributed by atoms with Crippen LogP contribution in [0.5, 0.6) is 0 Å². The first-order valence-corrected chi connectivity index (χ1v) is 7.42. The Morgan fingerprint density at radius 3 is 1.55 bits per heavy atom. The highest BCUT2D eigenvalue weighted by Crippen LogP contribution is 2.30. The number of hydrogen-bond acceptors (Lipinski definition) is 3. The van der Waals surface area contributed by atoms with E-state index in [1.165, 1.54) is 0 Å². The summed E-state index contributed by atoms with van der Waals surface area (Å²) >= 11 is 0. The summed E-state index contributed by atoms with van der Waals surface area (Å²) in [4.78, 5) is 0. The molecule has 0 saturated carbocycles. The molecular weight excluding hydrogens is 314 g/mol. The van der Waals surface area contributed by atoms with Crippen LogP contribution in [0, 0.1) is 0 Å². The van der Waals surface area contributed by atoms with Crippen LogP contribution >= 0.6 is 0 Å². The highest BCUT2D eigenvalue weighted by Gasteiger charge is 2.46. The molecular formula is C10H16F6O3S. The second-order valence-electron chi connectivity index (χ2n) is 4.39. The van der Waals surface area contributed by atoms with Crippen LogP contribution < -0.4 is 0 Å². The Morgan fingerprint density at radius 2 is 1.15 bits per heavy atom. The summed E-state index contributed by atoms with van der Waals surface area (Å²) in [6, 6.07) is 0. The van der Waals surface area contributed by atoms with Crippen molar-refractivity contribution in [2.24, 2.45) is 0 Å². The normalized spacial score (nSPS) is 13.7. The molecule has 0 aliphatic rings. The van der Waals surface area contributed by atoms with E-state index in [0.717, 1.165) is 0 Å². The second-order valence-corrected chi connectivity index (χ2v) is 6.02. The molecule has 0 aromatic carbocycles. The van der Waals surface area contributed by atoms with Gasteiger partial charge in [-0.15, -0.1) is 0 Å². The maximum absolute atomic E-state index is 12.9. The van der Waals surface area contributed by atoms with E-state index in [1.54, 1.807) is 0 Å². The quantitative estimate of drug-likeness (QED) is 0.438. The van der Waals surface area contributed by atoms with Crippen LogP contribution in [0.3, 0.4) is 0 Å². The van der Waals surface area contributed by atoms with Crippen LogP contribution in [0.15, 0.2) is 0 Å². The number of unbranched alkanes of at least 4 members (excludes halogenated alkanes) is 5. The lowest BCUT2D eigenvalue weighted by Gasteiger charge is -2.12. The van der Waals surface area contributed by atoms with Crippen molar-refractivity contribution in [1.82, 2.24) is 0 Å². The maximum atomic E-state index is 12.9. The molecule has 0 saturated heterocycles. The Labute approximate surface area is 113 Å². The van der Waals surface area contributed by atoms with E-state index >= 15 is 0 Å². The van der Waals surface area contributed by atoms with Crippen LogP contribution in [-0.4, -0.2) is 19.8 Å². The van der Waals surface area contributed by atoms with Crippen LogP contribution in [-0.2, 0) is 14.5 Å². The highest BCUT2D eigenvalue weighted by molar-refractivity contribution is 7.87. The fraction of sp³-hybridized carbons (Fsp3) is 1.00. The first-order chi connectivity index (χ1) is 9.02. The predicted octanol–water partition coefficient (Wildman–Crippen LogP) is 4.49. The van der Waals surface area contributed by atoms with Gasteiger partial charge in [0.05, 0.1) is 0 Å². The average Bonchev–Trinajstić information content (AvgIpc) is 2.30. The Hall–Kier alpha value is -0.510. The summed E-state index contributed by atoms with van der Waals surface area (Å²) in [5, 5.41) is -4.29. The number of hydrogen-bond donors (Lipinski definition) is 0. The minimum absolute atomic E-state index is 0.0241. The van der Waals surface area contributed by atoms with Crippen LogP contribution in [0.1, 0.15) is 51.4 Å². The predicted molar refractivity (Wildman–Crippen MR) is 59.1 cm³/mol. The molecule has 0 aromatic heterocycles. The molecule has 20 heavy (non-hydrogen) atoms. The Bertz CT molecular complexity index is 366. The van der Waals surface area contributed by atoms with Gasteiger partial charge in [0, 0.05) is 12.8 Å².